The summed E-state index contributed by atoms with van der Waals surface area (Å²) in [5, 5.41) is 3.22. The lowest BCUT2D eigenvalue weighted by Crippen LogP contribution is -2.14. The fourth-order valence-electron chi connectivity index (χ4n) is 2.66. The van der Waals surface area contributed by atoms with Crippen LogP contribution in [0.3, 0.4) is 0 Å². The van der Waals surface area contributed by atoms with Gasteiger partial charge in [-0.1, -0.05) is 12.1 Å². The summed E-state index contributed by atoms with van der Waals surface area (Å²) in [6.07, 6.45) is 1.43. The molecule has 5 nitrogen and oxygen atoms in total. The number of benzene rings is 2. The molecule has 2 N–H and O–H groups in total. The summed E-state index contributed by atoms with van der Waals surface area (Å²) in [6.45, 7) is 5.55. The quantitative estimate of drug-likeness (QED) is 0.668. The Morgan fingerprint density at radius 2 is 1.70 bits per heavy atom. The molecular weight excluding hydrogens is 365 g/mol. The first-order chi connectivity index (χ1) is 12.7. The Balaban J connectivity index is 1.78. The highest BCUT2D eigenvalue weighted by Gasteiger charge is 2.17. The Hall–Kier alpha value is -2.93. The summed E-state index contributed by atoms with van der Waals surface area (Å²) < 4.78 is 40.7. The number of nitrogens with zero attached hydrogens (tertiary/aromatic N) is 1. The normalized spacial score (nSPS) is 11.3. The molecule has 0 radical (unpaired) electrons. The van der Waals surface area contributed by atoms with Gasteiger partial charge < -0.3 is 5.32 Å². The third-order valence-corrected chi connectivity index (χ3v) is 5.64. The van der Waals surface area contributed by atoms with Crippen LogP contribution in [0.25, 0.3) is 0 Å². The van der Waals surface area contributed by atoms with Crippen LogP contribution in [0.5, 0.6) is 0 Å². The van der Waals surface area contributed by atoms with Crippen LogP contribution in [0.1, 0.15) is 16.7 Å². The molecule has 140 valence electrons. The van der Waals surface area contributed by atoms with Crippen LogP contribution in [0.4, 0.5) is 21.6 Å². The van der Waals surface area contributed by atoms with Gasteiger partial charge in [0.25, 0.3) is 10.0 Å². The van der Waals surface area contributed by atoms with Crippen molar-refractivity contribution in [3.8, 4) is 0 Å². The minimum absolute atomic E-state index is 0.0292. The molecule has 0 atom stereocenters. The van der Waals surface area contributed by atoms with Crippen molar-refractivity contribution in [3.63, 3.8) is 0 Å². The van der Waals surface area contributed by atoms with Gasteiger partial charge in [0.05, 0.1) is 16.8 Å². The fourth-order valence-corrected chi connectivity index (χ4v) is 3.93. The van der Waals surface area contributed by atoms with Gasteiger partial charge in [0.2, 0.25) is 0 Å². The van der Waals surface area contributed by atoms with Crippen LogP contribution >= 0.6 is 0 Å². The zero-order chi connectivity index (χ0) is 19.6. The van der Waals surface area contributed by atoms with Crippen molar-refractivity contribution in [3.05, 3.63) is 77.2 Å². The third-order valence-electron chi connectivity index (χ3n) is 4.10. The smallest absolute Gasteiger partial charge is 0.262 e. The summed E-state index contributed by atoms with van der Waals surface area (Å²) in [7, 11) is -3.82. The Morgan fingerprint density at radius 1 is 0.926 bits per heavy atom. The van der Waals surface area contributed by atoms with E-state index in [9.17, 15) is 12.8 Å². The average Bonchev–Trinajstić information content (AvgIpc) is 2.59. The van der Waals surface area contributed by atoms with Crippen LogP contribution < -0.4 is 10.0 Å². The standard InChI is InChI=1S/C20H20FN3O2S/c1-13-4-5-14(2)18(10-13)23-20-9-7-17(12-22-20)24-27(25,26)19-8-6-16(21)11-15(19)3/h4-12,24H,1-3H3,(H,22,23). The molecule has 0 aliphatic rings. The van der Waals surface area contributed by atoms with Crippen LogP contribution in [-0.2, 0) is 10.0 Å². The van der Waals surface area contributed by atoms with Crippen molar-refractivity contribution in [2.45, 2.75) is 25.7 Å². The van der Waals surface area contributed by atoms with E-state index < -0.39 is 15.8 Å². The second-order valence-electron chi connectivity index (χ2n) is 6.39. The first-order valence-corrected chi connectivity index (χ1v) is 9.82. The molecule has 0 bridgehead atoms. The predicted molar refractivity (Wildman–Crippen MR) is 105 cm³/mol. The lowest BCUT2D eigenvalue weighted by Gasteiger charge is -2.12. The highest BCUT2D eigenvalue weighted by Crippen LogP contribution is 2.23. The molecule has 1 heterocycles. The molecule has 1 aromatic heterocycles. The maximum absolute atomic E-state index is 13.2. The van der Waals surface area contributed by atoms with Crippen molar-refractivity contribution >= 4 is 27.2 Å². The SMILES string of the molecule is Cc1ccc(C)c(Nc2ccc(NS(=O)(=O)c3ccc(F)cc3C)cn2)c1. The number of rotatable bonds is 5. The van der Waals surface area contributed by atoms with Gasteiger partial charge in [0.15, 0.2) is 0 Å². The lowest BCUT2D eigenvalue weighted by molar-refractivity contribution is 0.598. The second kappa shape index (κ2) is 7.36. The van der Waals surface area contributed by atoms with Gasteiger partial charge in [0.1, 0.15) is 11.6 Å². The van der Waals surface area contributed by atoms with Crippen LogP contribution in [-0.4, -0.2) is 13.4 Å². The van der Waals surface area contributed by atoms with E-state index in [1.807, 2.05) is 32.0 Å². The number of aryl methyl sites for hydroxylation is 3. The molecule has 0 unspecified atom stereocenters. The first kappa shape index (κ1) is 18.8. The van der Waals surface area contributed by atoms with Crippen molar-refractivity contribution in [1.29, 1.82) is 0 Å². The van der Waals surface area contributed by atoms with Gasteiger partial charge in [-0.2, -0.15) is 0 Å². The van der Waals surface area contributed by atoms with Crippen LogP contribution in [0, 0.1) is 26.6 Å². The monoisotopic (exact) mass is 385 g/mol. The van der Waals surface area contributed by atoms with Gasteiger partial charge >= 0.3 is 0 Å². The summed E-state index contributed by atoms with van der Waals surface area (Å²) in [4.78, 5) is 4.29. The minimum atomic E-state index is -3.82. The number of nitrogens with one attached hydrogen (secondary N) is 2. The Bertz CT molecular complexity index is 1080. The average molecular weight is 385 g/mol. The molecule has 2 aromatic carbocycles. The first-order valence-electron chi connectivity index (χ1n) is 8.34. The molecule has 7 heteroatoms. The zero-order valence-corrected chi connectivity index (χ0v) is 16.1. The number of anilines is 3. The number of sulfonamides is 1. The molecule has 3 aromatic rings. The minimum Gasteiger partial charge on any atom is -0.340 e. The predicted octanol–water partition coefficient (Wildman–Crippen LogP) is 4.69. The molecule has 0 spiro atoms. The summed E-state index contributed by atoms with van der Waals surface area (Å²) in [5.41, 5.74) is 3.81. The fraction of sp³-hybridized carbons (Fsp3) is 0.150. The van der Waals surface area contributed by atoms with Crippen molar-refractivity contribution in [1.82, 2.24) is 4.98 Å². The highest BCUT2D eigenvalue weighted by molar-refractivity contribution is 7.92. The number of hydrogen-bond acceptors (Lipinski definition) is 4. The Kier molecular flexibility index (Phi) is 5.14. The summed E-state index contributed by atoms with van der Waals surface area (Å²) in [6, 6.07) is 12.9. The maximum Gasteiger partial charge on any atom is 0.262 e. The van der Waals surface area contributed by atoms with Crippen LogP contribution in [0.2, 0.25) is 0 Å². The van der Waals surface area contributed by atoms with Gasteiger partial charge in [-0.05, 0) is 73.9 Å². The van der Waals surface area contributed by atoms with E-state index in [1.54, 1.807) is 19.1 Å². The highest BCUT2D eigenvalue weighted by atomic mass is 32.2. The van der Waals surface area contributed by atoms with Crippen molar-refractivity contribution < 1.29 is 12.8 Å². The number of hydrogen-bond donors (Lipinski definition) is 2. The number of aromatic nitrogens is 1. The van der Waals surface area contributed by atoms with E-state index in [0.29, 0.717) is 17.1 Å². The number of halogens is 1. The Labute approximate surface area is 158 Å². The maximum atomic E-state index is 13.2. The van der Waals surface area contributed by atoms with Gasteiger partial charge in [-0.25, -0.2) is 17.8 Å². The number of pyridine rings is 1. The molecule has 27 heavy (non-hydrogen) atoms. The molecule has 0 aliphatic carbocycles. The summed E-state index contributed by atoms with van der Waals surface area (Å²) >= 11 is 0. The van der Waals surface area contributed by atoms with E-state index in [-0.39, 0.29) is 4.90 Å². The molecular formula is C20H20FN3O2S. The van der Waals surface area contributed by atoms with E-state index in [1.165, 1.54) is 18.3 Å². The molecule has 0 saturated heterocycles. The lowest BCUT2D eigenvalue weighted by atomic mass is 10.1. The van der Waals surface area contributed by atoms with Gasteiger partial charge in [-0.15, -0.1) is 0 Å². The van der Waals surface area contributed by atoms with Gasteiger partial charge in [0, 0.05) is 5.69 Å². The molecule has 0 aliphatic heterocycles. The van der Waals surface area contributed by atoms with E-state index in [0.717, 1.165) is 22.9 Å². The van der Waals surface area contributed by atoms with Crippen LogP contribution in [0.15, 0.2) is 59.6 Å². The largest absolute Gasteiger partial charge is 0.340 e. The molecule has 0 amide bonds. The third kappa shape index (κ3) is 4.43. The molecule has 0 saturated carbocycles. The Morgan fingerprint density at radius 3 is 2.37 bits per heavy atom. The van der Waals surface area contributed by atoms with E-state index in [4.69, 9.17) is 0 Å². The second-order valence-corrected chi connectivity index (χ2v) is 8.04. The van der Waals surface area contributed by atoms with Crippen molar-refractivity contribution in [2.24, 2.45) is 0 Å². The van der Waals surface area contributed by atoms with Crippen molar-refractivity contribution in [2.75, 3.05) is 10.0 Å². The molecule has 0 fully saturated rings. The topological polar surface area (TPSA) is 71.1 Å². The molecule has 3 rings (SSSR count). The van der Waals surface area contributed by atoms with Gasteiger partial charge in [-0.3, -0.25) is 4.72 Å². The van der Waals surface area contributed by atoms with E-state index >= 15 is 0 Å². The summed E-state index contributed by atoms with van der Waals surface area (Å²) in [5.74, 6) is 0.125. The zero-order valence-electron chi connectivity index (χ0n) is 15.2. The van der Waals surface area contributed by atoms with E-state index in [2.05, 4.69) is 15.0 Å².